The van der Waals surface area contributed by atoms with E-state index in [4.69, 9.17) is 4.74 Å². The lowest BCUT2D eigenvalue weighted by molar-refractivity contribution is 0.0324. The van der Waals surface area contributed by atoms with E-state index in [1.807, 2.05) is 4.98 Å². The smallest absolute Gasteiger partial charge is 0.325 e. The van der Waals surface area contributed by atoms with Crippen LogP contribution in [-0.4, -0.2) is 50.7 Å². The lowest BCUT2D eigenvalue weighted by Crippen LogP contribution is -2.45. The van der Waals surface area contributed by atoms with Crippen LogP contribution >= 0.6 is 0 Å². The van der Waals surface area contributed by atoms with Crippen LogP contribution in [0, 0.1) is 0 Å². The van der Waals surface area contributed by atoms with Gasteiger partial charge in [0.2, 0.25) is 10.0 Å². The molecule has 1 unspecified atom stereocenters. The molecule has 10 heteroatoms. The second-order valence-corrected chi connectivity index (χ2v) is 5.72. The summed E-state index contributed by atoms with van der Waals surface area (Å²) in [6, 6.07) is 0. The van der Waals surface area contributed by atoms with E-state index in [1.165, 1.54) is 0 Å². The minimum Gasteiger partial charge on any atom is -0.374 e. The molecule has 0 aromatic carbocycles. The molecule has 1 aliphatic heterocycles. The molecule has 0 saturated carbocycles. The van der Waals surface area contributed by atoms with Crippen LogP contribution < -0.4 is 21.3 Å². The third-order valence-corrected chi connectivity index (χ3v) is 4.01. The molecule has 0 spiro atoms. The Bertz CT molecular complexity index is 643. The number of hydrogen-bond acceptors (Lipinski definition) is 6. The van der Waals surface area contributed by atoms with Crippen molar-refractivity contribution in [1.29, 1.82) is 0 Å². The Morgan fingerprint density at radius 1 is 1.42 bits per heavy atom. The van der Waals surface area contributed by atoms with Crippen molar-refractivity contribution in [3.05, 3.63) is 27.0 Å². The Morgan fingerprint density at radius 2 is 2.21 bits per heavy atom. The van der Waals surface area contributed by atoms with Gasteiger partial charge >= 0.3 is 5.69 Å². The maximum atomic E-state index is 11.9. The van der Waals surface area contributed by atoms with Crippen molar-refractivity contribution >= 4 is 10.0 Å². The highest BCUT2D eigenvalue weighted by molar-refractivity contribution is 7.89. The predicted octanol–water partition coefficient (Wildman–Crippen LogP) is -2.67. The Labute approximate surface area is 108 Å². The molecule has 0 amide bonds. The lowest BCUT2D eigenvalue weighted by Gasteiger charge is -2.23. The quantitative estimate of drug-likeness (QED) is 0.478. The minimum absolute atomic E-state index is 0.0495. The molecular weight excluding hydrogens is 276 g/mol. The van der Waals surface area contributed by atoms with Crippen LogP contribution in [0.1, 0.15) is 0 Å². The molecule has 2 rings (SSSR count). The summed E-state index contributed by atoms with van der Waals surface area (Å²) in [6.45, 7) is 1.81. The van der Waals surface area contributed by atoms with Gasteiger partial charge in [-0.1, -0.05) is 0 Å². The molecule has 106 valence electrons. The summed E-state index contributed by atoms with van der Waals surface area (Å²) in [7, 11) is -3.98. The number of H-pyrrole nitrogens is 2. The van der Waals surface area contributed by atoms with Gasteiger partial charge in [0, 0.05) is 25.8 Å². The van der Waals surface area contributed by atoms with Crippen LogP contribution in [0.2, 0.25) is 0 Å². The van der Waals surface area contributed by atoms with E-state index >= 15 is 0 Å². The second-order valence-electron chi connectivity index (χ2n) is 3.98. The molecule has 1 aliphatic rings. The van der Waals surface area contributed by atoms with Crippen molar-refractivity contribution in [2.75, 3.05) is 26.2 Å². The SMILES string of the molecule is O=c1[nH]cc(S(=O)(=O)NCC2CNCCO2)c(=O)[nH]1. The number of ether oxygens (including phenoxy) is 1. The van der Waals surface area contributed by atoms with Crippen molar-refractivity contribution in [1.82, 2.24) is 20.0 Å². The van der Waals surface area contributed by atoms with E-state index < -0.39 is 26.2 Å². The fraction of sp³-hybridized carbons (Fsp3) is 0.556. The van der Waals surface area contributed by atoms with Gasteiger partial charge in [-0.15, -0.1) is 0 Å². The monoisotopic (exact) mass is 290 g/mol. The summed E-state index contributed by atoms with van der Waals surface area (Å²) in [4.78, 5) is 25.7. The van der Waals surface area contributed by atoms with Gasteiger partial charge in [-0.3, -0.25) is 9.78 Å². The van der Waals surface area contributed by atoms with E-state index in [9.17, 15) is 18.0 Å². The van der Waals surface area contributed by atoms with Crippen LogP contribution in [0.3, 0.4) is 0 Å². The van der Waals surface area contributed by atoms with Gasteiger partial charge < -0.3 is 15.0 Å². The molecule has 0 bridgehead atoms. The first-order valence-electron chi connectivity index (χ1n) is 5.63. The zero-order valence-corrected chi connectivity index (χ0v) is 10.7. The van der Waals surface area contributed by atoms with Gasteiger partial charge in [-0.05, 0) is 0 Å². The molecule has 0 radical (unpaired) electrons. The number of rotatable bonds is 4. The number of hydrogen-bond donors (Lipinski definition) is 4. The highest BCUT2D eigenvalue weighted by atomic mass is 32.2. The molecule has 1 atom stereocenters. The molecule has 1 aromatic rings. The Morgan fingerprint density at radius 3 is 2.84 bits per heavy atom. The predicted molar refractivity (Wildman–Crippen MR) is 65.5 cm³/mol. The molecule has 1 saturated heterocycles. The number of aromatic amines is 2. The number of aromatic nitrogens is 2. The molecular formula is C9H14N4O5S. The highest BCUT2D eigenvalue weighted by Gasteiger charge is 2.21. The van der Waals surface area contributed by atoms with E-state index in [0.29, 0.717) is 13.2 Å². The molecule has 19 heavy (non-hydrogen) atoms. The second kappa shape index (κ2) is 5.65. The number of morpholine rings is 1. The minimum atomic E-state index is -3.98. The van der Waals surface area contributed by atoms with Gasteiger partial charge in [0.1, 0.15) is 0 Å². The first-order chi connectivity index (χ1) is 8.99. The summed E-state index contributed by atoms with van der Waals surface area (Å²) >= 11 is 0. The zero-order valence-electron chi connectivity index (χ0n) is 9.93. The topological polar surface area (TPSA) is 133 Å². The van der Waals surface area contributed by atoms with Gasteiger partial charge in [0.25, 0.3) is 5.56 Å². The lowest BCUT2D eigenvalue weighted by atomic mass is 10.3. The van der Waals surface area contributed by atoms with Crippen molar-refractivity contribution in [3.8, 4) is 0 Å². The first kappa shape index (κ1) is 13.9. The fourth-order valence-electron chi connectivity index (χ4n) is 1.63. The summed E-state index contributed by atoms with van der Waals surface area (Å²) in [5.74, 6) is 0. The molecule has 1 aromatic heterocycles. The Hall–Kier alpha value is -1.49. The first-order valence-corrected chi connectivity index (χ1v) is 7.11. The third-order valence-electron chi connectivity index (χ3n) is 2.58. The Kier molecular flexibility index (Phi) is 4.14. The standard InChI is InChI=1S/C9H14N4O5S/c14-8-7(5-11-9(15)13-8)19(16,17)12-4-6-3-10-1-2-18-6/h5-6,10,12H,1-4H2,(H2,11,13,14,15). The normalized spacial score (nSPS) is 20.3. The largest absolute Gasteiger partial charge is 0.374 e. The molecule has 0 aliphatic carbocycles. The summed E-state index contributed by atoms with van der Waals surface area (Å²) in [5.41, 5.74) is -1.72. The average molecular weight is 290 g/mol. The molecule has 4 N–H and O–H groups in total. The van der Waals surface area contributed by atoms with Crippen LogP contribution in [0.5, 0.6) is 0 Å². The average Bonchev–Trinajstić information content (AvgIpc) is 2.37. The van der Waals surface area contributed by atoms with Crippen LogP contribution in [0.4, 0.5) is 0 Å². The van der Waals surface area contributed by atoms with Gasteiger partial charge in [-0.25, -0.2) is 17.9 Å². The van der Waals surface area contributed by atoms with Gasteiger partial charge in [0.05, 0.1) is 12.7 Å². The summed E-state index contributed by atoms with van der Waals surface area (Å²) in [5, 5.41) is 3.05. The zero-order chi connectivity index (χ0) is 13.9. The van der Waals surface area contributed by atoms with E-state index in [2.05, 4.69) is 15.0 Å². The van der Waals surface area contributed by atoms with Crippen molar-refractivity contribution in [2.45, 2.75) is 11.0 Å². The van der Waals surface area contributed by atoms with Crippen LogP contribution in [0.15, 0.2) is 20.7 Å². The molecule has 1 fully saturated rings. The molecule has 2 heterocycles. The maximum Gasteiger partial charge on any atom is 0.325 e. The fourth-order valence-corrected chi connectivity index (χ4v) is 2.70. The summed E-state index contributed by atoms with van der Waals surface area (Å²) < 4.78 is 31.4. The highest BCUT2D eigenvalue weighted by Crippen LogP contribution is 2.00. The summed E-state index contributed by atoms with van der Waals surface area (Å²) in [6.07, 6.45) is 0.578. The third kappa shape index (κ3) is 3.50. The van der Waals surface area contributed by atoms with E-state index in [1.54, 1.807) is 0 Å². The Balaban J connectivity index is 2.09. The maximum absolute atomic E-state index is 11.9. The van der Waals surface area contributed by atoms with Crippen LogP contribution in [0.25, 0.3) is 0 Å². The van der Waals surface area contributed by atoms with Crippen LogP contribution in [-0.2, 0) is 14.8 Å². The number of sulfonamides is 1. The van der Waals surface area contributed by atoms with Crippen molar-refractivity contribution in [3.63, 3.8) is 0 Å². The molecule has 9 nitrogen and oxygen atoms in total. The van der Waals surface area contributed by atoms with Crippen molar-refractivity contribution in [2.24, 2.45) is 0 Å². The van der Waals surface area contributed by atoms with Crippen molar-refractivity contribution < 1.29 is 13.2 Å². The van der Waals surface area contributed by atoms with Gasteiger partial charge in [-0.2, -0.15) is 0 Å². The van der Waals surface area contributed by atoms with Gasteiger partial charge in [0.15, 0.2) is 4.90 Å². The van der Waals surface area contributed by atoms with E-state index in [0.717, 1.165) is 12.7 Å². The van der Waals surface area contributed by atoms with E-state index in [-0.39, 0.29) is 12.6 Å². The number of nitrogens with one attached hydrogen (secondary N) is 4.